The first-order chi connectivity index (χ1) is 10.1. The molecule has 1 aliphatic carbocycles. The molecule has 4 nitrogen and oxygen atoms in total. The zero-order chi connectivity index (χ0) is 15.4. The zero-order valence-corrected chi connectivity index (χ0v) is 15.6. The number of hydrogen-bond acceptors (Lipinski definition) is 4. The van der Waals surface area contributed by atoms with Crippen LogP contribution in [0, 0.1) is 9.49 Å². The molecule has 1 N–H and O–H groups in total. The lowest BCUT2D eigenvalue weighted by Crippen LogP contribution is -2.22. The van der Waals surface area contributed by atoms with Gasteiger partial charge in [-0.3, -0.25) is 0 Å². The van der Waals surface area contributed by atoms with Crippen LogP contribution < -0.4 is 5.32 Å². The van der Waals surface area contributed by atoms with E-state index >= 15 is 0 Å². The molecule has 5 heteroatoms. The van der Waals surface area contributed by atoms with Crippen LogP contribution in [-0.2, 0) is 4.74 Å². The van der Waals surface area contributed by atoms with E-state index in [1.807, 2.05) is 7.05 Å². The highest BCUT2D eigenvalue weighted by molar-refractivity contribution is 14.1. The minimum absolute atomic E-state index is 0.0203. The van der Waals surface area contributed by atoms with Crippen molar-refractivity contribution in [3.8, 4) is 0 Å². The first-order valence-electron chi connectivity index (χ1n) is 7.86. The van der Waals surface area contributed by atoms with Crippen molar-refractivity contribution < 1.29 is 4.74 Å². The van der Waals surface area contributed by atoms with Gasteiger partial charge in [0, 0.05) is 14.2 Å². The number of methoxy groups -OCH3 is 1. The van der Waals surface area contributed by atoms with Crippen LogP contribution in [0.4, 0.5) is 5.82 Å². The Morgan fingerprint density at radius 2 is 1.86 bits per heavy atom. The number of hydrogen-bond donors (Lipinski definition) is 1. The first kappa shape index (κ1) is 16.9. The van der Waals surface area contributed by atoms with Crippen LogP contribution in [0.2, 0.25) is 0 Å². The fraction of sp³-hybridized carbons (Fsp3) is 0.750. The SMILES string of the molecule is CNc1nc(C(OC)C2CCCCC2)nc(C(C)C)c1I. The topological polar surface area (TPSA) is 47.0 Å². The quantitative estimate of drug-likeness (QED) is 0.735. The maximum absolute atomic E-state index is 5.79. The molecule has 0 aliphatic heterocycles. The highest BCUT2D eigenvalue weighted by Crippen LogP contribution is 2.36. The van der Waals surface area contributed by atoms with Gasteiger partial charge in [-0.1, -0.05) is 33.1 Å². The molecule has 0 radical (unpaired) electrons. The summed E-state index contributed by atoms with van der Waals surface area (Å²) < 4.78 is 6.91. The molecule has 1 atom stereocenters. The molecule has 0 aromatic carbocycles. The number of ether oxygens (including phenoxy) is 1. The van der Waals surface area contributed by atoms with E-state index in [1.54, 1.807) is 7.11 Å². The van der Waals surface area contributed by atoms with Gasteiger partial charge in [0.25, 0.3) is 0 Å². The van der Waals surface area contributed by atoms with Gasteiger partial charge in [0.15, 0.2) is 5.82 Å². The standard InChI is InChI=1S/C16H26IN3O/c1-10(2)13-12(17)15(18-3)20-16(19-13)14(21-4)11-8-6-5-7-9-11/h10-11,14H,5-9H2,1-4H3,(H,18,19,20). The van der Waals surface area contributed by atoms with Crippen LogP contribution in [0.15, 0.2) is 0 Å². The number of anilines is 1. The summed E-state index contributed by atoms with van der Waals surface area (Å²) in [4.78, 5) is 9.57. The average molecular weight is 403 g/mol. The van der Waals surface area contributed by atoms with Crippen molar-refractivity contribution in [2.75, 3.05) is 19.5 Å². The second-order valence-corrected chi connectivity index (χ2v) is 7.17. The van der Waals surface area contributed by atoms with E-state index in [1.165, 1.54) is 32.1 Å². The Morgan fingerprint density at radius 3 is 2.38 bits per heavy atom. The van der Waals surface area contributed by atoms with Gasteiger partial charge in [-0.05, 0) is 47.3 Å². The van der Waals surface area contributed by atoms with E-state index < -0.39 is 0 Å². The third kappa shape index (κ3) is 3.86. The van der Waals surface area contributed by atoms with Gasteiger partial charge < -0.3 is 10.1 Å². The Bertz CT molecular complexity index is 473. The fourth-order valence-electron chi connectivity index (χ4n) is 3.10. The van der Waals surface area contributed by atoms with Crippen LogP contribution in [0.1, 0.15) is 69.5 Å². The van der Waals surface area contributed by atoms with Gasteiger partial charge in [0.05, 0.1) is 9.26 Å². The minimum atomic E-state index is 0.0203. The monoisotopic (exact) mass is 403 g/mol. The predicted molar refractivity (Wildman–Crippen MR) is 94.7 cm³/mol. The summed E-state index contributed by atoms with van der Waals surface area (Å²) in [7, 11) is 3.70. The normalized spacial score (nSPS) is 18.0. The second kappa shape index (κ2) is 7.72. The van der Waals surface area contributed by atoms with E-state index in [4.69, 9.17) is 14.7 Å². The lowest BCUT2D eigenvalue weighted by atomic mass is 9.85. The number of aromatic nitrogens is 2. The largest absolute Gasteiger partial charge is 0.373 e. The third-order valence-electron chi connectivity index (χ3n) is 4.26. The van der Waals surface area contributed by atoms with Crippen LogP contribution >= 0.6 is 22.6 Å². The molecule has 0 saturated heterocycles. The van der Waals surface area contributed by atoms with Gasteiger partial charge in [-0.25, -0.2) is 9.97 Å². The highest BCUT2D eigenvalue weighted by atomic mass is 127. The molecule has 0 bridgehead atoms. The molecule has 1 saturated carbocycles. The Hall–Kier alpha value is -0.430. The molecule has 1 aliphatic rings. The highest BCUT2D eigenvalue weighted by Gasteiger charge is 2.28. The van der Waals surface area contributed by atoms with Crippen molar-refractivity contribution in [2.45, 2.75) is 58.0 Å². The van der Waals surface area contributed by atoms with Gasteiger partial charge >= 0.3 is 0 Å². The fourth-order valence-corrected chi connectivity index (χ4v) is 4.24. The van der Waals surface area contributed by atoms with Crippen molar-refractivity contribution in [3.05, 3.63) is 15.1 Å². The molecule has 1 unspecified atom stereocenters. The van der Waals surface area contributed by atoms with E-state index in [0.29, 0.717) is 11.8 Å². The lowest BCUT2D eigenvalue weighted by molar-refractivity contribution is 0.0288. The van der Waals surface area contributed by atoms with Gasteiger partial charge in [-0.2, -0.15) is 0 Å². The molecular formula is C16H26IN3O. The Balaban J connectivity index is 2.38. The van der Waals surface area contributed by atoms with Crippen LogP contribution in [0.5, 0.6) is 0 Å². The summed E-state index contributed by atoms with van der Waals surface area (Å²) in [6, 6.07) is 0. The van der Waals surface area contributed by atoms with Crippen LogP contribution in [-0.4, -0.2) is 24.1 Å². The molecule has 118 valence electrons. The van der Waals surface area contributed by atoms with E-state index in [-0.39, 0.29) is 6.10 Å². The number of nitrogens with zero attached hydrogens (tertiary/aromatic N) is 2. The van der Waals surface area contributed by atoms with E-state index in [2.05, 4.69) is 41.8 Å². The van der Waals surface area contributed by atoms with Gasteiger partial charge in [-0.15, -0.1) is 0 Å². The lowest BCUT2D eigenvalue weighted by Gasteiger charge is -2.29. The van der Waals surface area contributed by atoms with Gasteiger partial charge in [0.2, 0.25) is 0 Å². The molecule has 1 fully saturated rings. The van der Waals surface area contributed by atoms with Crippen molar-refractivity contribution >= 4 is 28.4 Å². The molecule has 0 amide bonds. The molecule has 1 aromatic rings. The summed E-state index contributed by atoms with van der Waals surface area (Å²) in [5, 5.41) is 3.20. The van der Waals surface area contributed by atoms with E-state index in [9.17, 15) is 0 Å². The number of nitrogens with one attached hydrogen (secondary N) is 1. The number of rotatable bonds is 5. The summed E-state index contributed by atoms with van der Waals surface area (Å²) in [5.74, 6) is 2.70. The van der Waals surface area contributed by atoms with Crippen molar-refractivity contribution in [3.63, 3.8) is 0 Å². The molecule has 1 aromatic heterocycles. The summed E-state index contributed by atoms with van der Waals surface area (Å²) in [5.41, 5.74) is 1.11. The predicted octanol–water partition coefficient (Wildman–Crippen LogP) is 4.51. The first-order valence-corrected chi connectivity index (χ1v) is 8.94. The molecule has 1 heterocycles. The third-order valence-corrected chi connectivity index (χ3v) is 5.33. The van der Waals surface area contributed by atoms with Crippen molar-refractivity contribution in [1.29, 1.82) is 0 Å². The number of halogens is 1. The minimum Gasteiger partial charge on any atom is -0.373 e. The Kier molecular flexibility index (Phi) is 6.22. The van der Waals surface area contributed by atoms with Crippen molar-refractivity contribution in [1.82, 2.24) is 9.97 Å². The molecular weight excluding hydrogens is 377 g/mol. The molecule has 21 heavy (non-hydrogen) atoms. The Morgan fingerprint density at radius 1 is 1.19 bits per heavy atom. The van der Waals surface area contributed by atoms with E-state index in [0.717, 1.165) is 20.9 Å². The summed E-state index contributed by atoms with van der Waals surface area (Å²) >= 11 is 2.33. The van der Waals surface area contributed by atoms with Crippen LogP contribution in [0.3, 0.4) is 0 Å². The average Bonchev–Trinajstić information content (AvgIpc) is 2.50. The maximum atomic E-state index is 5.79. The van der Waals surface area contributed by atoms with Gasteiger partial charge in [0.1, 0.15) is 11.9 Å². The second-order valence-electron chi connectivity index (χ2n) is 6.09. The van der Waals surface area contributed by atoms with Crippen LogP contribution in [0.25, 0.3) is 0 Å². The smallest absolute Gasteiger partial charge is 0.160 e. The van der Waals surface area contributed by atoms with Crippen molar-refractivity contribution in [2.24, 2.45) is 5.92 Å². The summed E-state index contributed by atoms with van der Waals surface area (Å²) in [6.45, 7) is 4.35. The zero-order valence-electron chi connectivity index (χ0n) is 13.4. The maximum Gasteiger partial charge on any atom is 0.160 e. The molecule has 0 spiro atoms. The Labute approximate surface area is 141 Å². The summed E-state index contributed by atoms with van der Waals surface area (Å²) in [6.07, 6.45) is 6.40. The molecule has 2 rings (SSSR count).